The van der Waals surface area contributed by atoms with E-state index in [1.165, 1.54) is 24.5 Å². The summed E-state index contributed by atoms with van der Waals surface area (Å²) in [5.41, 5.74) is 11.8. The second kappa shape index (κ2) is 19.5. The number of rotatable bonds is 9. The first-order valence-corrected chi connectivity index (χ1v) is 14.7. The summed E-state index contributed by atoms with van der Waals surface area (Å²) < 4.78 is 0. The molecule has 3 aromatic rings. The number of pyridine rings is 1. The third-order valence-electron chi connectivity index (χ3n) is 6.51. The maximum atomic E-state index is 13.2. The number of anilines is 2. The van der Waals surface area contributed by atoms with E-state index in [1.54, 1.807) is 29.2 Å². The van der Waals surface area contributed by atoms with Crippen LogP contribution < -0.4 is 38.1 Å². The van der Waals surface area contributed by atoms with Gasteiger partial charge >= 0.3 is 0 Å². The zero-order valence-electron chi connectivity index (χ0n) is 25.2. The highest BCUT2D eigenvalue weighted by atomic mass is 16.6. The predicted molar refractivity (Wildman–Crippen MR) is 173 cm³/mol. The first-order chi connectivity index (χ1) is 22.0. The number of aromatic nitrogens is 3. The number of carbonyl (C=O) groups is 1. The largest absolute Gasteiger partial charge is 0.368 e. The van der Waals surface area contributed by atoms with E-state index in [9.17, 15) is 14.9 Å². The van der Waals surface area contributed by atoms with Gasteiger partial charge in [0, 0.05) is 96.4 Å². The van der Waals surface area contributed by atoms with Crippen molar-refractivity contribution in [2.24, 2.45) is 11.5 Å². The molecule has 0 unspecified atom stereocenters. The second-order valence-electron chi connectivity index (χ2n) is 9.78. The molecule has 5 rings (SSSR count). The molecule has 4 heterocycles. The summed E-state index contributed by atoms with van der Waals surface area (Å²) in [5.74, 6) is 0.719. The number of nitriles is 1. The van der Waals surface area contributed by atoms with E-state index in [0.717, 1.165) is 39.3 Å². The highest BCUT2D eigenvalue weighted by Gasteiger charge is 2.23. The molecule has 45 heavy (non-hydrogen) atoms. The van der Waals surface area contributed by atoms with E-state index in [0.29, 0.717) is 73.4 Å². The average molecular weight is 620 g/mol. The Kier molecular flexibility index (Phi) is 15.0. The van der Waals surface area contributed by atoms with Gasteiger partial charge in [0.1, 0.15) is 12.0 Å². The molecule has 2 saturated heterocycles. The van der Waals surface area contributed by atoms with Gasteiger partial charge in [-0.25, -0.2) is 15.0 Å². The van der Waals surface area contributed by atoms with E-state index >= 15 is 0 Å². The Bertz CT molecular complexity index is 1360. The lowest BCUT2D eigenvalue weighted by molar-refractivity contribution is -0.385. The Morgan fingerprint density at radius 2 is 1.53 bits per heavy atom. The Labute approximate surface area is 262 Å². The van der Waals surface area contributed by atoms with Crippen molar-refractivity contribution in [1.82, 2.24) is 35.8 Å². The molecule has 1 aromatic carbocycles. The van der Waals surface area contributed by atoms with Gasteiger partial charge in [-0.2, -0.15) is 5.26 Å². The molecular weight excluding hydrogens is 578 g/mol. The highest BCUT2D eigenvalue weighted by molar-refractivity contribution is 6.00. The number of hydrogen-bond acceptors (Lipinski definition) is 14. The van der Waals surface area contributed by atoms with Gasteiger partial charge in [-0.1, -0.05) is 12.1 Å². The van der Waals surface area contributed by atoms with E-state index < -0.39 is 4.92 Å². The van der Waals surface area contributed by atoms with Crippen LogP contribution in [0.25, 0.3) is 11.3 Å². The maximum Gasteiger partial charge on any atom is 0.287 e. The number of hydrogen-bond donors (Lipinski definition) is 7. The van der Waals surface area contributed by atoms with Crippen LogP contribution in [0.4, 0.5) is 17.5 Å². The first-order valence-electron chi connectivity index (χ1n) is 14.7. The number of piperazine rings is 2. The SMILES string of the molecule is C1CNCCN1.N#Cc1ccc(-c2nc(NCCNc3ccc([N+](=O)[O-])cn3)ncc2C(=O)N2CCNCC2)cc1.NCCN. The Morgan fingerprint density at radius 3 is 2.07 bits per heavy atom. The van der Waals surface area contributed by atoms with Crippen LogP contribution in [-0.2, 0) is 0 Å². The van der Waals surface area contributed by atoms with E-state index in [-0.39, 0.29) is 11.6 Å². The number of nitro groups is 1. The second-order valence-corrected chi connectivity index (χ2v) is 9.78. The van der Waals surface area contributed by atoms with Crippen LogP contribution in [0.5, 0.6) is 0 Å². The van der Waals surface area contributed by atoms with Crippen molar-refractivity contribution in [3.63, 3.8) is 0 Å². The van der Waals surface area contributed by atoms with Crippen LogP contribution in [-0.4, -0.2) is 109 Å². The van der Waals surface area contributed by atoms with Crippen molar-refractivity contribution < 1.29 is 9.72 Å². The zero-order valence-corrected chi connectivity index (χ0v) is 25.2. The average Bonchev–Trinajstić information content (AvgIpc) is 3.11. The topological polar surface area (TPSA) is 238 Å². The number of nitrogens with zero attached hydrogens (tertiary/aromatic N) is 6. The molecule has 0 bridgehead atoms. The van der Waals surface area contributed by atoms with Crippen LogP contribution >= 0.6 is 0 Å². The number of nitrogens with two attached hydrogens (primary N) is 2. The lowest BCUT2D eigenvalue weighted by Crippen LogP contribution is -2.46. The van der Waals surface area contributed by atoms with Crippen molar-refractivity contribution in [3.05, 3.63) is 70.0 Å². The molecule has 16 heteroatoms. The minimum atomic E-state index is -0.502. The molecule has 0 spiro atoms. The molecule has 0 radical (unpaired) electrons. The van der Waals surface area contributed by atoms with Gasteiger partial charge in [-0.05, 0) is 18.2 Å². The minimum Gasteiger partial charge on any atom is -0.368 e. The van der Waals surface area contributed by atoms with Crippen molar-refractivity contribution >= 4 is 23.4 Å². The van der Waals surface area contributed by atoms with Gasteiger partial charge in [0.05, 0.1) is 27.8 Å². The van der Waals surface area contributed by atoms with Crippen LogP contribution in [0.2, 0.25) is 0 Å². The molecule has 9 N–H and O–H groups in total. The summed E-state index contributed by atoms with van der Waals surface area (Å²) in [6.45, 7) is 9.32. The molecule has 2 fully saturated rings. The summed E-state index contributed by atoms with van der Waals surface area (Å²) in [7, 11) is 0. The summed E-state index contributed by atoms with van der Waals surface area (Å²) in [6, 6.07) is 11.9. The lowest BCUT2D eigenvalue weighted by Gasteiger charge is -2.28. The summed E-state index contributed by atoms with van der Waals surface area (Å²) >= 11 is 0. The van der Waals surface area contributed by atoms with E-state index in [1.807, 2.05) is 0 Å². The Morgan fingerprint density at radius 1 is 0.911 bits per heavy atom. The smallest absolute Gasteiger partial charge is 0.287 e. The monoisotopic (exact) mass is 619 g/mol. The quantitative estimate of drug-likeness (QED) is 0.0946. The number of nitrogens with one attached hydrogen (secondary N) is 5. The fraction of sp³-hybridized carbons (Fsp3) is 0.414. The molecule has 0 atom stereocenters. The molecule has 2 aliphatic heterocycles. The number of carbonyl (C=O) groups excluding carboxylic acids is 1. The van der Waals surface area contributed by atoms with Crippen LogP contribution in [0.15, 0.2) is 48.8 Å². The summed E-state index contributed by atoms with van der Waals surface area (Å²) in [4.78, 5) is 38.1. The van der Waals surface area contributed by atoms with Crippen LogP contribution in [0.1, 0.15) is 15.9 Å². The Balaban J connectivity index is 0.000000473. The van der Waals surface area contributed by atoms with Gasteiger partial charge in [-0.15, -0.1) is 0 Å². The van der Waals surface area contributed by atoms with Crippen molar-refractivity contribution in [2.75, 3.05) is 89.2 Å². The van der Waals surface area contributed by atoms with Crippen LogP contribution in [0, 0.1) is 21.4 Å². The molecule has 0 aliphatic carbocycles. The zero-order chi connectivity index (χ0) is 32.3. The third kappa shape index (κ3) is 11.7. The first kappa shape index (κ1) is 34.7. The highest BCUT2D eigenvalue weighted by Crippen LogP contribution is 2.24. The van der Waals surface area contributed by atoms with Gasteiger partial charge < -0.3 is 43.0 Å². The number of benzene rings is 1. The van der Waals surface area contributed by atoms with Crippen molar-refractivity contribution in [1.29, 1.82) is 5.26 Å². The van der Waals surface area contributed by atoms with E-state index in [2.05, 4.69) is 47.6 Å². The van der Waals surface area contributed by atoms with Gasteiger partial charge in [0.25, 0.3) is 11.6 Å². The minimum absolute atomic E-state index is 0.0761. The van der Waals surface area contributed by atoms with Gasteiger partial charge in [0.2, 0.25) is 5.95 Å². The molecular formula is C29H41N13O3. The van der Waals surface area contributed by atoms with Gasteiger partial charge in [-0.3, -0.25) is 14.9 Å². The van der Waals surface area contributed by atoms with E-state index in [4.69, 9.17) is 16.7 Å². The molecule has 1 amide bonds. The Hall–Kier alpha value is -4.79. The molecule has 16 nitrogen and oxygen atoms in total. The molecule has 2 aliphatic rings. The fourth-order valence-electron chi connectivity index (χ4n) is 4.15. The fourth-order valence-corrected chi connectivity index (χ4v) is 4.15. The van der Waals surface area contributed by atoms with Crippen LogP contribution in [0.3, 0.4) is 0 Å². The predicted octanol–water partition coefficient (Wildman–Crippen LogP) is -0.0291. The van der Waals surface area contributed by atoms with Crippen molar-refractivity contribution in [2.45, 2.75) is 0 Å². The summed E-state index contributed by atoms with van der Waals surface area (Å²) in [6.07, 6.45) is 2.72. The third-order valence-corrected chi connectivity index (χ3v) is 6.51. The van der Waals surface area contributed by atoms with Crippen molar-refractivity contribution in [3.8, 4) is 17.3 Å². The molecule has 2 aromatic heterocycles. The summed E-state index contributed by atoms with van der Waals surface area (Å²) in [5, 5.41) is 35.7. The van der Waals surface area contributed by atoms with Gasteiger partial charge in [0.15, 0.2) is 0 Å². The standard InChI is InChI=1S/C23H23N9O3.C4H10N2.C2H8N2/c24-13-16-1-3-17(4-2-16)21-19(22(33)31-11-9-25-10-12-31)15-29-23(30-21)27-8-7-26-20-6-5-18(14-28-20)32(34)35;1-2-6-4-3-5-1;3-1-2-4/h1-6,14-15,25H,7-12H2,(H,26,28)(H,27,29,30);5-6H,1-4H2;1-4H2. The number of amides is 1. The lowest BCUT2D eigenvalue weighted by atomic mass is 10.0. The molecule has 240 valence electrons. The molecule has 0 saturated carbocycles. The normalized spacial score (nSPS) is 14.0. The maximum absolute atomic E-state index is 13.2.